The Kier molecular flexibility index (Phi) is 7.46. The monoisotopic (exact) mass is 335 g/mol. The molecule has 0 bridgehead atoms. The Morgan fingerprint density at radius 3 is 2.68 bits per heavy atom. The zero-order valence-corrected chi connectivity index (χ0v) is 14.3. The molecule has 2 rings (SSSR count). The van der Waals surface area contributed by atoms with Crippen LogP contribution in [0.3, 0.4) is 0 Å². The second kappa shape index (κ2) is 9.64. The molecule has 0 saturated heterocycles. The lowest BCUT2D eigenvalue weighted by atomic mass is 10.2. The molecule has 22 heavy (non-hydrogen) atoms. The Bertz CT molecular complexity index is 553. The van der Waals surface area contributed by atoms with Crippen LogP contribution in [0.25, 0.3) is 0 Å². The summed E-state index contributed by atoms with van der Waals surface area (Å²) in [6.07, 6.45) is 1.68. The number of carbonyl (C=O) groups is 1. The Hall–Kier alpha value is -1.33. The predicted octanol–water partition coefficient (Wildman–Crippen LogP) is 3.87. The fraction of sp³-hybridized carbons (Fsp3) is 0.353. The third kappa shape index (κ3) is 6.62. The van der Waals surface area contributed by atoms with Crippen LogP contribution in [0.1, 0.15) is 16.9 Å². The van der Waals surface area contributed by atoms with E-state index in [1.165, 1.54) is 11.1 Å². The van der Waals surface area contributed by atoms with E-state index >= 15 is 0 Å². The van der Waals surface area contributed by atoms with E-state index in [1.807, 2.05) is 12.1 Å². The third-order valence-electron chi connectivity index (χ3n) is 3.02. The SMILES string of the molecule is Cc1ccc(CSCC(=O)NCCSCc2ccco2)cc1. The van der Waals surface area contributed by atoms with Crippen LogP contribution in [0.15, 0.2) is 47.1 Å². The number of benzene rings is 1. The van der Waals surface area contributed by atoms with Crippen molar-refractivity contribution in [2.75, 3.05) is 18.1 Å². The van der Waals surface area contributed by atoms with Gasteiger partial charge < -0.3 is 9.73 Å². The number of hydrogen-bond donors (Lipinski definition) is 1. The molecule has 1 amide bonds. The van der Waals surface area contributed by atoms with Gasteiger partial charge in [-0.05, 0) is 24.6 Å². The van der Waals surface area contributed by atoms with Gasteiger partial charge in [0.05, 0.1) is 17.8 Å². The van der Waals surface area contributed by atoms with Gasteiger partial charge in [-0.2, -0.15) is 11.8 Å². The van der Waals surface area contributed by atoms with Crippen LogP contribution >= 0.6 is 23.5 Å². The van der Waals surface area contributed by atoms with Crippen molar-refractivity contribution in [2.24, 2.45) is 0 Å². The van der Waals surface area contributed by atoms with Gasteiger partial charge in [0.1, 0.15) is 5.76 Å². The number of nitrogens with one attached hydrogen (secondary N) is 1. The first-order valence-corrected chi connectivity index (χ1v) is 9.55. The molecule has 5 heteroatoms. The highest BCUT2D eigenvalue weighted by atomic mass is 32.2. The van der Waals surface area contributed by atoms with E-state index in [0.717, 1.165) is 23.0 Å². The Morgan fingerprint density at radius 1 is 1.14 bits per heavy atom. The average Bonchev–Trinajstić information content (AvgIpc) is 3.02. The minimum Gasteiger partial charge on any atom is -0.468 e. The minimum absolute atomic E-state index is 0.107. The molecular weight excluding hydrogens is 314 g/mol. The molecule has 0 aliphatic rings. The fourth-order valence-corrected chi connectivity index (χ4v) is 3.40. The second-order valence-electron chi connectivity index (χ2n) is 4.96. The second-order valence-corrected chi connectivity index (χ2v) is 7.05. The van der Waals surface area contributed by atoms with E-state index in [0.29, 0.717) is 12.3 Å². The summed E-state index contributed by atoms with van der Waals surface area (Å²) in [4.78, 5) is 11.7. The normalized spacial score (nSPS) is 10.6. The molecule has 0 aliphatic heterocycles. The number of carbonyl (C=O) groups excluding carboxylic acids is 1. The molecule has 0 unspecified atom stereocenters. The molecule has 0 aliphatic carbocycles. The fourth-order valence-electron chi connectivity index (χ4n) is 1.83. The lowest BCUT2D eigenvalue weighted by Crippen LogP contribution is -2.27. The molecule has 1 N–H and O–H groups in total. The summed E-state index contributed by atoms with van der Waals surface area (Å²) in [5, 5.41) is 2.95. The minimum atomic E-state index is 0.107. The molecule has 0 radical (unpaired) electrons. The zero-order chi connectivity index (χ0) is 15.6. The molecule has 0 spiro atoms. The average molecular weight is 335 g/mol. The molecule has 1 aromatic carbocycles. The standard InChI is InChI=1S/C17H21NO2S2/c1-14-4-6-15(7-5-14)11-22-13-17(19)18-8-10-21-12-16-3-2-9-20-16/h2-7,9H,8,10-13H2,1H3,(H,18,19). The van der Waals surface area contributed by atoms with E-state index in [4.69, 9.17) is 4.42 Å². The molecule has 3 nitrogen and oxygen atoms in total. The van der Waals surface area contributed by atoms with E-state index < -0.39 is 0 Å². The maximum absolute atomic E-state index is 11.7. The number of rotatable bonds is 9. The number of amides is 1. The Balaban J connectivity index is 1.50. The van der Waals surface area contributed by atoms with Crippen molar-refractivity contribution < 1.29 is 9.21 Å². The van der Waals surface area contributed by atoms with Gasteiger partial charge in [-0.1, -0.05) is 29.8 Å². The third-order valence-corrected chi connectivity index (χ3v) is 5.00. The Morgan fingerprint density at radius 2 is 1.95 bits per heavy atom. The number of thioether (sulfide) groups is 2. The molecule has 0 saturated carbocycles. The van der Waals surface area contributed by atoms with E-state index in [-0.39, 0.29) is 5.91 Å². The van der Waals surface area contributed by atoms with Gasteiger partial charge in [-0.15, -0.1) is 11.8 Å². The topological polar surface area (TPSA) is 42.2 Å². The summed E-state index contributed by atoms with van der Waals surface area (Å²) in [6.45, 7) is 2.78. The summed E-state index contributed by atoms with van der Waals surface area (Å²) in [6, 6.07) is 12.3. The van der Waals surface area contributed by atoms with Crippen molar-refractivity contribution in [1.82, 2.24) is 5.32 Å². The quantitative estimate of drug-likeness (QED) is 0.706. The molecule has 1 aromatic heterocycles. The number of hydrogen-bond acceptors (Lipinski definition) is 4. The smallest absolute Gasteiger partial charge is 0.230 e. The summed E-state index contributed by atoms with van der Waals surface area (Å²) < 4.78 is 5.25. The maximum Gasteiger partial charge on any atom is 0.230 e. The van der Waals surface area contributed by atoms with Crippen molar-refractivity contribution in [2.45, 2.75) is 18.4 Å². The van der Waals surface area contributed by atoms with Crippen LogP contribution in [-0.2, 0) is 16.3 Å². The van der Waals surface area contributed by atoms with Gasteiger partial charge in [-0.3, -0.25) is 4.79 Å². The van der Waals surface area contributed by atoms with E-state index in [9.17, 15) is 4.79 Å². The van der Waals surface area contributed by atoms with Crippen LogP contribution in [0, 0.1) is 6.92 Å². The Labute approximate surface area is 140 Å². The highest BCUT2D eigenvalue weighted by molar-refractivity contribution is 7.99. The van der Waals surface area contributed by atoms with Crippen LogP contribution in [-0.4, -0.2) is 24.0 Å². The largest absolute Gasteiger partial charge is 0.468 e. The lowest BCUT2D eigenvalue weighted by Gasteiger charge is -2.05. The van der Waals surface area contributed by atoms with Gasteiger partial charge >= 0.3 is 0 Å². The maximum atomic E-state index is 11.7. The molecule has 0 fully saturated rings. The molecular formula is C17H21NO2S2. The zero-order valence-electron chi connectivity index (χ0n) is 12.7. The highest BCUT2D eigenvalue weighted by Gasteiger charge is 2.02. The molecule has 0 atom stereocenters. The summed E-state index contributed by atoms with van der Waals surface area (Å²) >= 11 is 3.41. The van der Waals surface area contributed by atoms with E-state index in [2.05, 4.69) is 36.5 Å². The predicted molar refractivity (Wildman–Crippen MR) is 95.2 cm³/mol. The molecule has 2 aromatic rings. The summed E-state index contributed by atoms with van der Waals surface area (Å²) in [5.74, 6) is 4.22. The first-order chi connectivity index (χ1) is 10.7. The first-order valence-electron chi connectivity index (χ1n) is 7.24. The molecule has 1 heterocycles. The van der Waals surface area contributed by atoms with E-state index in [1.54, 1.807) is 29.8 Å². The van der Waals surface area contributed by atoms with Gasteiger partial charge in [0.2, 0.25) is 5.91 Å². The summed E-state index contributed by atoms with van der Waals surface area (Å²) in [7, 11) is 0. The van der Waals surface area contributed by atoms with Crippen molar-refractivity contribution in [3.05, 3.63) is 59.5 Å². The van der Waals surface area contributed by atoms with Gasteiger partial charge in [0, 0.05) is 18.1 Å². The highest BCUT2D eigenvalue weighted by Crippen LogP contribution is 2.13. The van der Waals surface area contributed by atoms with Crippen LogP contribution < -0.4 is 5.32 Å². The molecule has 118 valence electrons. The summed E-state index contributed by atoms with van der Waals surface area (Å²) in [5.41, 5.74) is 2.52. The van der Waals surface area contributed by atoms with Crippen LogP contribution in [0.2, 0.25) is 0 Å². The van der Waals surface area contributed by atoms with Gasteiger partial charge in [0.15, 0.2) is 0 Å². The number of furan rings is 1. The van der Waals surface area contributed by atoms with Crippen molar-refractivity contribution in [3.8, 4) is 0 Å². The van der Waals surface area contributed by atoms with Gasteiger partial charge in [0.25, 0.3) is 0 Å². The van der Waals surface area contributed by atoms with Crippen molar-refractivity contribution >= 4 is 29.4 Å². The number of aryl methyl sites for hydroxylation is 1. The van der Waals surface area contributed by atoms with Crippen molar-refractivity contribution in [1.29, 1.82) is 0 Å². The van der Waals surface area contributed by atoms with Crippen LogP contribution in [0.4, 0.5) is 0 Å². The first kappa shape index (κ1) is 17.0. The van der Waals surface area contributed by atoms with Crippen LogP contribution in [0.5, 0.6) is 0 Å². The van der Waals surface area contributed by atoms with Gasteiger partial charge in [-0.25, -0.2) is 0 Å². The van der Waals surface area contributed by atoms with Crippen molar-refractivity contribution in [3.63, 3.8) is 0 Å². The lowest BCUT2D eigenvalue weighted by molar-refractivity contribution is -0.118.